The maximum Gasteiger partial charge on any atom is 0.311 e. The summed E-state index contributed by atoms with van der Waals surface area (Å²) in [5, 5.41) is 9.27. The molecule has 0 aliphatic heterocycles. The van der Waals surface area contributed by atoms with E-state index in [1.54, 1.807) is 24.3 Å². The van der Waals surface area contributed by atoms with E-state index >= 15 is 0 Å². The molecule has 0 amide bonds. The minimum absolute atomic E-state index is 0.00978. The van der Waals surface area contributed by atoms with Crippen LogP contribution in [0.2, 0.25) is 0 Å². The van der Waals surface area contributed by atoms with Gasteiger partial charge in [-0.2, -0.15) is 0 Å². The van der Waals surface area contributed by atoms with Crippen molar-refractivity contribution in [3.05, 3.63) is 35.9 Å². The summed E-state index contributed by atoms with van der Waals surface area (Å²) < 4.78 is 12.1. The molecule has 0 saturated carbocycles. The summed E-state index contributed by atoms with van der Waals surface area (Å²) in [5.74, 6) is -1.13. The largest absolute Gasteiger partial charge is 0.481 e. The lowest BCUT2D eigenvalue weighted by atomic mass is 10.0. The van der Waals surface area contributed by atoms with Crippen LogP contribution in [0.1, 0.15) is 32.3 Å². The zero-order valence-corrected chi connectivity index (χ0v) is 11.8. The average Bonchev–Trinajstić information content (AvgIpc) is 2.35. The minimum Gasteiger partial charge on any atom is -0.481 e. The molecule has 3 nitrogen and oxygen atoms in total. The molecule has 1 N–H and O–H groups in total. The maximum atomic E-state index is 12.1. The molecule has 0 radical (unpaired) electrons. The van der Waals surface area contributed by atoms with E-state index in [1.165, 1.54) is 0 Å². The highest BCUT2D eigenvalue weighted by Crippen LogP contribution is 2.20. The first kappa shape index (κ1) is 14.9. The second-order valence-corrected chi connectivity index (χ2v) is 6.64. The number of rotatable bonds is 6. The Morgan fingerprint density at radius 3 is 2.22 bits per heavy atom. The zero-order chi connectivity index (χ0) is 13.7. The zero-order valence-electron chi connectivity index (χ0n) is 11.0. The van der Waals surface area contributed by atoms with Crippen LogP contribution in [0.5, 0.6) is 0 Å². The van der Waals surface area contributed by atoms with Gasteiger partial charge in [0.05, 0.1) is 5.92 Å². The Balaban J connectivity index is 2.83. The van der Waals surface area contributed by atoms with E-state index in [1.807, 2.05) is 26.8 Å². The fourth-order valence-corrected chi connectivity index (χ4v) is 3.19. The van der Waals surface area contributed by atoms with Gasteiger partial charge in [-0.25, -0.2) is 0 Å². The molecule has 0 aliphatic carbocycles. The van der Waals surface area contributed by atoms with E-state index in [2.05, 4.69) is 0 Å². The van der Waals surface area contributed by atoms with Gasteiger partial charge < -0.3 is 5.11 Å². The van der Waals surface area contributed by atoms with Crippen molar-refractivity contribution < 1.29 is 14.1 Å². The Kier molecular flexibility index (Phi) is 5.54. The highest BCUT2D eigenvalue weighted by molar-refractivity contribution is 7.85. The molecule has 1 aromatic rings. The van der Waals surface area contributed by atoms with Gasteiger partial charge >= 0.3 is 5.97 Å². The minimum atomic E-state index is -1.13. The highest BCUT2D eigenvalue weighted by atomic mass is 32.2. The van der Waals surface area contributed by atoms with Crippen molar-refractivity contribution in [2.24, 2.45) is 5.92 Å². The first-order chi connectivity index (χ1) is 8.43. The average molecular weight is 268 g/mol. The van der Waals surface area contributed by atoms with Crippen molar-refractivity contribution in [3.8, 4) is 0 Å². The van der Waals surface area contributed by atoms with E-state index in [4.69, 9.17) is 0 Å². The Labute approximate surface area is 111 Å². The Morgan fingerprint density at radius 2 is 1.78 bits per heavy atom. The van der Waals surface area contributed by atoms with E-state index < -0.39 is 22.7 Å². The van der Waals surface area contributed by atoms with Crippen LogP contribution in [0.4, 0.5) is 0 Å². The molecule has 1 rings (SSSR count). The van der Waals surface area contributed by atoms with Crippen molar-refractivity contribution in [1.82, 2.24) is 0 Å². The number of carbonyl (C=O) groups is 1. The first-order valence-electron chi connectivity index (χ1n) is 6.08. The number of aliphatic carboxylic acids is 1. The summed E-state index contributed by atoms with van der Waals surface area (Å²) in [7, 11) is -1.13. The molecular formula is C14H20O3S. The summed E-state index contributed by atoms with van der Waals surface area (Å²) in [4.78, 5) is 11.3. The molecule has 18 heavy (non-hydrogen) atoms. The molecular weight excluding hydrogens is 248 g/mol. The predicted octanol–water partition coefficient (Wildman–Crippen LogP) is 2.65. The van der Waals surface area contributed by atoms with Crippen LogP contribution in [0.3, 0.4) is 0 Å². The quantitative estimate of drug-likeness (QED) is 0.863. The molecule has 0 aromatic heterocycles. The molecule has 0 bridgehead atoms. The van der Waals surface area contributed by atoms with E-state index in [9.17, 15) is 14.1 Å². The number of carboxylic acid groups (broad SMARTS) is 1. The molecule has 3 unspecified atom stereocenters. The van der Waals surface area contributed by atoms with Crippen LogP contribution in [0, 0.1) is 5.92 Å². The molecule has 1 aromatic carbocycles. The summed E-state index contributed by atoms with van der Waals surface area (Å²) in [6, 6.07) is 9.00. The van der Waals surface area contributed by atoms with Crippen LogP contribution in [0.25, 0.3) is 0 Å². The van der Waals surface area contributed by atoms with Crippen molar-refractivity contribution in [2.45, 2.75) is 31.9 Å². The molecule has 0 spiro atoms. The lowest BCUT2D eigenvalue weighted by Gasteiger charge is -2.18. The Bertz CT molecular complexity index is 414. The third-order valence-electron chi connectivity index (χ3n) is 3.18. The molecule has 0 heterocycles. The number of hydrogen-bond donors (Lipinski definition) is 1. The third kappa shape index (κ3) is 3.95. The SMILES string of the molecule is CC(C)C(C)S(=O)CC(C(=O)O)c1ccccc1. The lowest BCUT2D eigenvalue weighted by molar-refractivity contribution is -0.138. The van der Waals surface area contributed by atoms with Gasteiger partial charge in [0.2, 0.25) is 0 Å². The van der Waals surface area contributed by atoms with Crippen LogP contribution < -0.4 is 0 Å². The van der Waals surface area contributed by atoms with Crippen LogP contribution in [0.15, 0.2) is 30.3 Å². The molecule has 0 fully saturated rings. The monoisotopic (exact) mass is 268 g/mol. The number of hydrogen-bond acceptors (Lipinski definition) is 2. The van der Waals surface area contributed by atoms with E-state index in [0.717, 1.165) is 0 Å². The van der Waals surface area contributed by atoms with Crippen LogP contribution >= 0.6 is 0 Å². The molecule has 4 heteroatoms. The van der Waals surface area contributed by atoms with E-state index in [-0.39, 0.29) is 16.9 Å². The highest BCUT2D eigenvalue weighted by Gasteiger charge is 2.25. The summed E-state index contributed by atoms with van der Waals surface area (Å²) >= 11 is 0. The molecule has 100 valence electrons. The van der Waals surface area contributed by atoms with Crippen molar-refractivity contribution in [3.63, 3.8) is 0 Å². The fraction of sp³-hybridized carbons (Fsp3) is 0.500. The number of benzene rings is 1. The lowest BCUT2D eigenvalue weighted by Crippen LogP contribution is -2.26. The van der Waals surface area contributed by atoms with Crippen LogP contribution in [-0.4, -0.2) is 26.3 Å². The Hall–Kier alpha value is -1.16. The Morgan fingerprint density at radius 1 is 1.22 bits per heavy atom. The van der Waals surface area contributed by atoms with Crippen molar-refractivity contribution in [2.75, 3.05) is 5.75 Å². The van der Waals surface area contributed by atoms with Crippen LogP contribution in [-0.2, 0) is 15.6 Å². The topological polar surface area (TPSA) is 54.4 Å². The van der Waals surface area contributed by atoms with Gasteiger partial charge in [0.1, 0.15) is 0 Å². The van der Waals surface area contributed by atoms with Gasteiger partial charge in [-0.3, -0.25) is 9.00 Å². The van der Waals surface area contributed by atoms with Gasteiger partial charge in [-0.1, -0.05) is 51.1 Å². The van der Waals surface area contributed by atoms with Gasteiger partial charge in [0.15, 0.2) is 0 Å². The second kappa shape index (κ2) is 6.69. The van der Waals surface area contributed by atoms with Gasteiger partial charge in [-0.15, -0.1) is 0 Å². The fourth-order valence-electron chi connectivity index (χ4n) is 1.62. The first-order valence-corrected chi connectivity index (χ1v) is 7.46. The van der Waals surface area contributed by atoms with Crippen molar-refractivity contribution in [1.29, 1.82) is 0 Å². The molecule has 3 atom stereocenters. The summed E-state index contributed by atoms with van der Waals surface area (Å²) in [6.45, 7) is 5.91. The molecule has 0 aliphatic rings. The van der Waals surface area contributed by atoms with Gasteiger partial charge in [0.25, 0.3) is 0 Å². The summed E-state index contributed by atoms with van der Waals surface area (Å²) in [5.41, 5.74) is 0.717. The van der Waals surface area contributed by atoms with Crippen molar-refractivity contribution >= 4 is 16.8 Å². The summed E-state index contributed by atoms with van der Waals surface area (Å²) in [6.07, 6.45) is 0. The number of carboxylic acids is 1. The predicted molar refractivity (Wildman–Crippen MR) is 74.1 cm³/mol. The smallest absolute Gasteiger partial charge is 0.311 e. The third-order valence-corrected chi connectivity index (χ3v) is 5.22. The second-order valence-electron chi connectivity index (χ2n) is 4.80. The standard InChI is InChI=1S/C14H20O3S/c1-10(2)11(3)18(17)9-13(14(15)16)12-7-5-4-6-8-12/h4-8,10-11,13H,9H2,1-3H3,(H,15,16). The maximum absolute atomic E-state index is 12.1. The van der Waals surface area contributed by atoms with Gasteiger partial charge in [-0.05, 0) is 11.5 Å². The van der Waals surface area contributed by atoms with Gasteiger partial charge in [0, 0.05) is 21.8 Å². The normalized spacial score (nSPS) is 16.2. The van der Waals surface area contributed by atoms with E-state index in [0.29, 0.717) is 5.56 Å². The molecule has 0 saturated heterocycles.